The Morgan fingerprint density at radius 1 is 1.35 bits per heavy atom. The van der Waals surface area contributed by atoms with E-state index < -0.39 is 36.2 Å². The largest absolute Gasteiger partial charge is 0.478 e. The van der Waals surface area contributed by atoms with Crippen molar-refractivity contribution in [3.05, 3.63) is 12.2 Å². The smallest absolute Gasteiger partial charge is 0.328 e. The highest BCUT2D eigenvalue weighted by Crippen LogP contribution is 1.95. The van der Waals surface area contributed by atoms with Gasteiger partial charge in [-0.25, -0.2) is 9.59 Å². The number of nitrogens with two attached hydrogens (primary N) is 1. The number of methoxy groups -OCH3 is 1. The van der Waals surface area contributed by atoms with Gasteiger partial charge in [-0.3, -0.25) is 9.59 Å². The third-order valence-corrected chi connectivity index (χ3v) is 1.58. The van der Waals surface area contributed by atoms with Crippen molar-refractivity contribution >= 4 is 23.8 Å². The second kappa shape index (κ2) is 6.99. The van der Waals surface area contributed by atoms with Crippen LogP contribution in [0.5, 0.6) is 0 Å². The maximum Gasteiger partial charge on any atom is 0.328 e. The minimum absolute atomic E-state index is 0.431. The van der Waals surface area contributed by atoms with E-state index in [1.165, 1.54) is 0 Å². The molecule has 0 aromatic heterocycles. The van der Waals surface area contributed by atoms with Crippen LogP contribution in [-0.4, -0.2) is 42.0 Å². The van der Waals surface area contributed by atoms with Crippen molar-refractivity contribution < 1.29 is 29.0 Å². The molecule has 0 bridgehead atoms. The van der Waals surface area contributed by atoms with Gasteiger partial charge in [0.05, 0.1) is 13.5 Å². The first-order valence-electron chi connectivity index (χ1n) is 4.44. The second-order valence-corrected chi connectivity index (χ2v) is 2.93. The fraction of sp³-hybridized carbons (Fsp3) is 0.333. The molecule has 0 rings (SSSR count). The van der Waals surface area contributed by atoms with Crippen LogP contribution in [-0.2, 0) is 23.9 Å². The normalized spacial score (nSPS) is 11.8. The molecule has 0 radical (unpaired) electrons. The number of carbonyl (C=O) groups excluding carboxylic acids is 3. The van der Waals surface area contributed by atoms with E-state index in [-0.39, 0.29) is 0 Å². The summed E-state index contributed by atoms with van der Waals surface area (Å²) in [5.74, 6) is -3.81. The predicted octanol–water partition coefficient (Wildman–Crippen LogP) is -1.84. The fourth-order valence-electron chi connectivity index (χ4n) is 0.904. The highest BCUT2D eigenvalue weighted by atomic mass is 16.5. The van der Waals surface area contributed by atoms with Gasteiger partial charge in [0, 0.05) is 12.2 Å². The number of nitrogens with one attached hydrogen (secondary N) is 1. The average molecular weight is 244 g/mol. The second-order valence-electron chi connectivity index (χ2n) is 2.93. The molecule has 0 spiro atoms. The van der Waals surface area contributed by atoms with Gasteiger partial charge in [0.25, 0.3) is 0 Å². The molecule has 0 aromatic carbocycles. The van der Waals surface area contributed by atoms with E-state index in [0.717, 1.165) is 7.11 Å². The minimum atomic E-state index is -1.32. The van der Waals surface area contributed by atoms with Crippen LogP contribution in [0.15, 0.2) is 12.2 Å². The third kappa shape index (κ3) is 6.66. The predicted molar refractivity (Wildman–Crippen MR) is 54.5 cm³/mol. The van der Waals surface area contributed by atoms with Crippen LogP contribution in [0.3, 0.4) is 0 Å². The topological polar surface area (TPSA) is 136 Å². The first kappa shape index (κ1) is 14.6. The molecule has 94 valence electrons. The van der Waals surface area contributed by atoms with Gasteiger partial charge in [0.1, 0.15) is 6.04 Å². The summed E-state index contributed by atoms with van der Waals surface area (Å²) in [5, 5.41) is 10.4. The molecule has 4 N–H and O–H groups in total. The highest BCUT2D eigenvalue weighted by molar-refractivity contribution is 5.96. The SMILES string of the molecule is COC(=O)C(CC(N)=O)NC(=O)/C=C/C(=O)O. The zero-order valence-corrected chi connectivity index (χ0v) is 9.00. The number of hydrogen-bond acceptors (Lipinski definition) is 5. The standard InChI is InChI=1S/C9H12N2O6/c1-17-9(16)5(4-6(10)12)11-7(13)2-3-8(14)15/h2-3,5H,4H2,1H3,(H2,10,12)(H,11,13)(H,14,15)/b3-2+. The van der Waals surface area contributed by atoms with Gasteiger partial charge >= 0.3 is 11.9 Å². The van der Waals surface area contributed by atoms with E-state index in [4.69, 9.17) is 10.8 Å². The van der Waals surface area contributed by atoms with E-state index in [9.17, 15) is 19.2 Å². The van der Waals surface area contributed by atoms with E-state index >= 15 is 0 Å². The van der Waals surface area contributed by atoms with E-state index in [1.807, 2.05) is 0 Å². The summed E-state index contributed by atoms with van der Waals surface area (Å²) in [6.07, 6.45) is 0.868. The van der Waals surface area contributed by atoms with Crippen molar-refractivity contribution in [1.82, 2.24) is 5.32 Å². The molecular formula is C9H12N2O6. The van der Waals surface area contributed by atoms with Crippen LogP contribution >= 0.6 is 0 Å². The lowest BCUT2D eigenvalue weighted by Gasteiger charge is -2.13. The summed E-state index contributed by atoms with van der Waals surface area (Å²) in [4.78, 5) is 43.0. The number of aliphatic carboxylic acids is 1. The molecule has 1 unspecified atom stereocenters. The first-order chi connectivity index (χ1) is 7.86. The molecule has 0 aliphatic rings. The van der Waals surface area contributed by atoms with Crippen LogP contribution in [0.2, 0.25) is 0 Å². The number of carboxylic acids is 1. The lowest BCUT2D eigenvalue weighted by Crippen LogP contribution is -2.43. The van der Waals surface area contributed by atoms with Crippen LogP contribution in [0.1, 0.15) is 6.42 Å². The molecule has 0 aromatic rings. The summed E-state index contributed by atoms with van der Waals surface area (Å²) in [6.45, 7) is 0. The maximum absolute atomic E-state index is 11.1. The Morgan fingerprint density at radius 3 is 2.35 bits per heavy atom. The molecule has 8 heteroatoms. The number of carbonyl (C=O) groups is 4. The third-order valence-electron chi connectivity index (χ3n) is 1.58. The molecule has 17 heavy (non-hydrogen) atoms. The van der Waals surface area contributed by atoms with Crippen molar-refractivity contribution in [2.45, 2.75) is 12.5 Å². The van der Waals surface area contributed by atoms with Gasteiger partial charge in [-0.1, -0.05) is 0 Å². The molecule has 2 amide bonds. The maximum atomic E-state index is 11.1. The molecule has 0 heterocycles. The number of ether oxygens (including phenoxy) is 1. The fourth-order valence-corrected chi connectivity index (χ4v) is 0.904. The van der Waals surface area contributed by atoms with Crippen molar-refractivity contribution in [2.75, 3.05) is 7.11 Å². The zero-order chi connectivity index (χ0) is 13.4. The molecule has 8 nitrogen and oxygen atoms in total. The summed E-state index contributed by atoms with van der Waals surface area (Å²) in [7, 11) is 1.08. The lowest BCUT2D eigenvalue weighted by molar-refractivity contribution is -0.145. The Labute approximate surface area is 96.4 Å². The number of hydrogen-bond donors (Lipinski definition) is 3. The molecule has 0 saturated carbocycles. The highest BCUT2D eigenvalue weighted by Gasteiger charge is 2.22. The van der Waals surface area contributed by atoms with Crippen molar-refractivity contribution in [1.29, 1.82) is 0 Å². The Hall–Kier alpha value is -2.38. The summed E-state index contributed by atoms with van der Waals surface area (Å²) < 4.78 is 4.34. The first-order valence-corrected chi connectivity index (χ1v) is 4.44. The molecule has 1 atom stereocenters. The van der Waals surface area contributed by atoms with E-state index in [1.54, 1.807) is 0 Å². The van der Waals surface area contributed by atoms with Crippen LogP contribution < -0.4 is 11.1 Å². The van der Waals surface area contributed by atoms with E-state index in [0.29, 0.717) is 12.2 Å². The summed E-state index contributed by atoms with van der Waals surface area (Å²) in [6, 6.07) is -1.23. The van der Waals surface area contributed by atoms with Gasteiger partial charge < -0.3 is 20.9 Å². The zero-order valence-electron chi connectivity index (χ0n) is 9.00. The van der Waals surface area contributed by atoms with Crippen molar-refractivity contribution in [3.8, 4) is 0 Å². The minimum Gasteiger partial charge on any atom is -0.478 e. The average Bonchev–Trinajstić information content (AvgIpc) is 2.23. The molecular weight excluding hydrogens is 232 g/mol. The van der Waals surface area contributed by atoms with Gasteiger partial charge in [-0.15, -0.1) is 0 Å². The number of primary amides is 1. The van der Waals surface area contributed by atoms with E-state index in [2.05, 4.69) is 10.1 Å². The number of esters is 1. The quantitative estimate of drug-likeness (QED) is 0.371. The summed E-state index contributed by atoms with van der Waals surface area (Å²) >= 11 is 0. The number of amides is 2. The Kier molecular flexibility index (Phi) is 6.01. The molecule has 0 fully saturated rings. The van der Waals surface area contributed by atoms with Gasteiger partial charge in [-0.05, 0) is 0 Å². The van der Waals surface area contributed by atoms with Gasteiger partial charge in [-0.2, -0.15) is 0 Å². The lowest BCUT2D eigenvalue weighted by atomic mass is 10.2. The van der Waals surface area contributed by atoms with Crippen LogP contribution in [0.25, 0.3) is 0 Å². The molecule has 0 aliphatic heterocycles. The van der Waals surface area contributed by atoms with Gasteiger partial charge in [0.2, 0.25) is 11.8 Å². The van der Waals surface area contributed by atoms with Crippen molar-refractivity contribution in [3.63, 3.8) is 0 Å². The van der Waals surface area contributed by atoms with Crippen LogP contribution in [0, 0.1) is 0 Å². The van der Waals surface area contributed by atoms with Gasteiger partial charge in [0.15, 0.2) is 0 Å². The monoisotopic (exact) mass is 244 g/mol. The molecule has 0 saturated heterocycles. The Morgan fingerprint density at radius 2 is 1.94 bits per heavy atom. The molecule has 0 aliphatic carbocycles. The number of rotatable bonds is 6. The Bertz CT molecular complexity index is 362. The van der Waals surface area contributed by atoms with Crippen molar-refractivity contribution in [2.24, 2.45) is 5.73 Å². The van der Waals surface area contributed by atoms with Crippen LogP contribution in [0.4, 0.5) is 0 Å². The summed E-state index contributed by atoms with van der Waals surface area (Å²) in [5.41, 5.74) is 4.87. The Balaban J connectivity index is 4.53. The number of carboxylic acid groups (broad SMARTS) is 1.